The van der Waals surface area contributed by atoms with Crippen molar-refractivity contribution in [2.75, 3.05) is 0 Å². The molecule has 0 bridgehead atoms. The van der Waals surface area contributed by atoms with Crippen molar-refractivity contribution in [3.05, 3.63) is 187 Å². The van der Waals surface area contributed by atoms with Gasteiger partial charge in [0.05, 0.1) is 40.2 Å². The van der Waals surface area contributed by atoms with Crippen molar-refractivity contribution in [2.24, 2.45) is 0 Å². The molecule has 12 aromatic rings. The van der Waals surface area contributed by atoms with Crippen molar-refractivity contribution in [3.8, 4) is 51.6 Å². The highest BCUT2D eigenvalue weighted by molar-refractivity contribution is 7.25. The molecule has 0 fully saturated rings. The number of fused-ring (bicyclic) bond motifs is 10. The number of hydrogen-bond acceptors (Lipinski definition) is 5. The summed E-state index contributed by atoms with van der Waals surface area (Å²) >= 11 is 1.68. The maximum Gasteiger partial charge on any atom is 0.164 e. The summed E-state index contributed by atoms with van der Waals surface area (Å²) in [6, 6.07) is 51.1. The number of thiophene rings is 1. The van der Waals surface area contributed by atoms with Crippen molar-refractivity contribution < 1.29 is 6.85 Å². The zero-order chi connectivity index (χ0) is 43.4. The third kappa shape index (κ3) is 5.14. The molecule has 4 heterocycles. The van der Waals surface area contributed by atoms with Gasteiger partial charge in [-0.05, 0) is 72.8 Å². The number of aromatic nitrogens is 5. The van der Waals surface area contributed by atoms with Crippen LogP contribution in [-0.4, -0.2) is 24.1 Å². The number of benzene rings is 8. The summed E-state index contributed by atoms with van der Waals surface area (Å²) in [5.74, 6) is 0.362. The molecule has 0 unspecified atom stereocenters. The lowest BCUT2D eigenvalue weighted by atomic mass is 10.1. The Kier molecular flexibility index (Phi) is 6.31. The van der Waals surface area contributed by atoms with E-state index < -0.39 is 30.2 Å². The van der Waals surface area contributed by atoms with Crippen LogP contribution in [-0.2, 0) is 0 Å². The number of hydrogen-bond donors (Lipinski definition) is 0. The molecule has 4 aromatic heterocycles. The van der Waals surface area contributed by atoms with Gasteiger partial charge in [-0.25, -0.2) is 15.0 Å². The van der Waals surface area contributed by atoms with Crippen LogP contribution in [0.1, 0.15) is 12.4 Å². The first kappa shape index (κ1) is 28.5. The fraction of sp³-hybridized carbons (Fsp3) is 0. The largest absolute Gasteiger partial charge is 0.309 e. The van der Waals surface area contributed by atoms with Gasteiger partial charge in [0.1, 0.15) is 6.07 Å². The predicted octanol–water partition coefficient (Wildman–Crippen LogP) is 13.3. The Balaban J connectivity index is 1.10. The summed E-state index contributed by atoms with van der Waals surface area (Å²) in [7, 11) is 0. The molecule has 59 heavy (non-hydrogen) atoms. The van der Waals surface area contributed by atoms with Gasteiger partial charge in [0.2, 0.25) is 0 Å². The third-order valence-corrected chi connectivity index (χ3v) is 12.2. The lowest BCUT2D eigenvalue weighted by Crippen LogP contribution is -2.02. The van der Waals surface area contributed by atoms with Crippen molar-refractivity contribution in [3.63, 3.8) is 0 Å². The van der Waals surface area contributed by atoms with Crippen molar-refractivity contribution >= 4 is 75.1 Å². The predicted molar refractivity (Wildman–Crippen MR) is 242 cm³/mol. The second kappa shape index (κ2) is 13.1. The molecule has 0 spiro atoms. The van der Waals surface area contributed by atoms with Gasteiger partial charge in [-0.2, -0.15) is 5.26 Å². The second-order valence-corrected chi connectivity index (χ2v) is 15.4. The Bertz CT molecular complexity index is 3970. The monoisotopic (exact) mass is 775 g/mol. The second-order valence-electron chi connectivity index (χ2n) is 14.4. The van der Waals surface area contributed by atoms with E-state index >= 15 is 0 Å². The van der Waals surface area contributed by atoms with Gasteiger partial charge >= 0.3 is 0 Å². The molecule has 0 aliphatic rings. The maximum absolute atomic E-state index is 11.0. The molecule has 274 valence electrons. The maximum atomic E-state index is 11.0. The third-order valence-electron chi connectivity index (χ3n) is 11.1. The zero-order valence-corrected chi connectivity index (χ0v) is 31.8. The Morgan fingerprint density at radius 3 is 1.90 bits per heavy atom. The Morgan fingerprint density at radius 2 is 1.12 bits per heavy atom. The van der Waals surface area contributed by atoms with E-state index in [9.17, 15) is 5.26 Å². The highest BCUT2D eigenvalue weighted by atomic mass is 32.1. The average Bonchev–Trinajstić information content (AvgIpc) is 4.00. The van der Waals surface area contributed by atoms with Gasteiger partial charge in [0.25, 0.3) is 0 Å². The van der Waals surface area contributed by atoms with Gasteiger partial charge < -0.3 is 9.13 Å². The highest BCUT2D eigenvalue weighted by Gasteiger charge is 2.23. The fourth-order valence-corrected chi connectivity index (χ4v) is 9.63. The summed E-state index contributed by atoms with van der Waals surface area (Å²) in [4.78, 5) is 14.6. The minimum Gasteiger partial charge on any atom is -0.309 e. The quantitative estimate of drug-likeness (QED) is 0.174. The molecule has 8 aromatic carbocycles. The molecule has 0 aliphatic carbocycles. The smallest absolute Gasteiger partial charge is 0.164 e. The fourth-order valence-electron chi connectivity index (χ4n) is 8.55. The summed E-state index contributed by atoms with van der Waals surface area (Å²) in [6.07, 6.45) is 0. The lowest BCUT2D eigenvalue weighted by Gasteiger charge is -2.13. The number of rotatable bonds is 5. The van der Waals surface area contributed by atoms with Gasteiger partial charge in [-0.3, -0.25) is 0 Å². The van der Waals surface area contributed by atoms with Crippen LogP contribution in [0.2, 0.25) is 0 Å². The van der Waals surface area contributed by atoms with E-state index in [2.05, 4.69) is 88.0 Å². The molecule has 7 heteroatoms. The van der Waals surface area contributed by atoms with E-state index in [0.29, 0.717) is 22.4 Å². The number of nitriles is 1. The van der Waals surface area contributed by atoms with E-state index in [0.717, 1.165) is 69.5 Å². The van der Waals surface area contributed by atoms with E-state index in [1.165, 1.54) is 0 Å². The number of para-hydroxylation sites is 3. The molecule has 0 amide bonds. The molecule has 0 atom stereocenters. The van der Waals surface area contributed by atoms with Crippen molar-refractivity contribution in [2.45, 2.75) is 0 Å². The molecule has 0 saturated carbocycles. The number of nitrogens with zero attached hydrogens (tertiary/aromatic N) is 6. The van der Waals surface area contributed by atoms with Gasteiger partial charge in [-0.15, -0.1) is 11.3 Å². The van der Waals surface area contributed by atoms with Crippen LogP contribution in [0.3, 0.4) is 0 Å². The first-order chi connectivity index (χ1) is 31.3. The van der Waals surface area contributed by atoms with Gasteiger partial charge in [-0.1, -0.05) is 109 Å². The normalized spacial score (nSPS) is 12.9. The summed E-state index contributed by atoms with van der Waals surface area (Å²) in [6.45, 7) is 0. The van der Waals surface area contributed by atoms with Crippen LogP contribution in [0.5, 0.6) is 0 Å². The van der Waals surface area contributed by atoms with E-state index in [-0.39, 0.29) is 23.0 Å². The standard InChI is InChI=1S/C52H30N6S/c53-31-35-29-33(51-54-50(32-13-3-1-4-14-32)55-52(56-51)34-24-28-47-41(30-34)38-18-9-12-22-46(38)59-47)23-26-42(35)58-43-20-10-7-17-37(43)39-25-27-45-48(49(39)58)40-19-8-11-21-44(40)57(45)36-15-5-2-6-16-36/h1-30H/i1D,3D,4D,13D,14D. The Labute approximate surface area is 349 Å². The minimum atomic E-state index is -0.510. The topological polar surface area (TPSA) is 72.3 Å². The SMILES string of the molecule is [2H]c1c([2H])c([2H])c(-c2nc(-c3ccc(-n4c5ccccc5c5ccc6c(c7ccccc7n6-c6ccccc6)c54)c(C#N)c3)nc(-c3ccc4sc5ccccc5c4c3)n2)c([2H])c1[2H]. The molecule has 0 N–H and O–H groups in total. The summed E-state index contributed by atoms with van der Waals surface area (Å²) in [5.41, 5.74) is 7.09. The van der Waals surface area contributed by atoms with Crippen LogP contribution in [0.15, 0.2) is 182 Å². The Morgan fingerprint density at radius 1 is 0.492 bits per heavy atom. The van der Waals surface area contributed by atoms with Crippen LogP contribution in [0.4, 0.5) is 0 Å². The van der Waals surface area contributed by atoms with Crippen LogP contribution in [0.25, 0.3) is 109 Å². The highest BCUT2D eigenvalue weighted by Crippen LogP contribution is 2.43. The first-order valence-corrected chi connectivity index (χ1v) is 19.9. The zero-order valence-electron chi connectivity index (χ0n) is 36.0. The summed E-state index contributed by atoms with van der Waals surface area (Å²) in [5, 5.41) is 17.4. The minimum absolute atomic E-state index is 0.0746. The molecular formula is C52H30N6S. The van der Waals surface area contributed by atoms with Crippen LogP contribution < -0.4 is 0 Å². The van der Waals surface area contributed by atoms with E-state index in [1.807, 2.05) is 72.8 Å². The average molecular weight is 776 g/mol. The molecule has 0 saturated heterocycles. The first-order valence-electron chi connectivity index (χ1n) is 21.6. The molecular weight excluding hydrogens is 741 g/mol. The summed E-state index contributed by atoms with van der Waals surface area (Å²) < 4.78 is 49.5. The van der Waals surface area contributed by atoms with E-state index in [4.69, 9.17) is 21.8 Å². The van der Waals surface area contributed by atoms with E-state index in [1.54, 1.807) is 17.4 Å². The molecule has 12 rings (SSSR count). The van der Waals surface area contributed by atoms with Crippen LogP contribution >= 0.6 is 11.3 Å². The van der Waals surface area contributed by atoms with Crippen molar-refractivity contribution in [1.82, 2.24) is 24.1 Å². The Hall–Kier alpha value is -7.92. The molecule has 6 nitrogen and oxygen atoms in total. The van der Waals surface area contributed by atoms with Crippen LogP contribution in [0, 0.1) is 11.3 Å². The molecule has 0 aliphatic heterocycles. The van der Waals surface area contributed by atoms with Gasteiger partial charge in [0, 0.05) is 64.1 Å². The van der Waals surface area contributed by atoms with Gasteiger partial charge in [0.15, 0.2) is 17.5 Å². The molecule has 0 radical (unpaired) electrons. The lowest BCUT2D eigenvalue weighted by molar-refractivity contribution is 1.07. The van der Waals surface area contributed by atoms with Crippen molar-refractivity contribution in [1.29, 1.82) is 5.26 Å².